The Kier molecular flexibility index (Phi) is 4.18. The molecule has 1 aromatic rings. The molecule has 4 nitrogen and oxygen atoms in total. The van der Waals surface area contributed by atoms with E-state index in [9.17, 15) is 0 Å². The Balaban J connectivity index is 1.90. The van der Waals surface area contributed by atoms with E-state index in [4.69, 9.17) is 0 Å². The predicted octanol–water partition coefficient (Wildman–Crippen LogP) is 1.03. The molecule has 1 aromatic heterocycles. The predicted molar refractivity (Wildman–Crippen MR) is 70.0 cm³/mol. The topological polar surface area (TPSA) is 33.1 Å². The molecule has 2 rings (SSSR count). The van der Waals surface area contributed by atoms with Crippen LogP contribution in [0.5, 0.6) is 0 Å². The fourth-order valence-corrected chi connectivity index (χ4v) is 2.59. The molecule has 2 atom stereocenters. The zero-order valence-corrected chi connectivity index (χ0v) is 11.2. The van der Waals surface area contributed by atoms with Crippen LogP contribution >= 0.6 is 0 Å². The van der Waals surface area contributed by atoms with Gasteiger partial charge in [0.15, 0.2) is 0 Å². The van der Waals surface area contributed by atoms with Gasteiger partial charge in [0, 0.05) is 57.6 Å². The molecular formula is C13H24N4. The number of nitrogens with zero attached hydrogens (tertiary/aromatic N) is 3. The van der Waals surface area contributed by atoms with Crippen molar-refractivity contribution in [2.45, 2.75) is 38.8 Å². The average molecular weight is 236 g/mol. The van der Waals surface area contributed by atoms with Gasteiger partial charge in [-0.2, -0.15) is 0 Å². The van der Waals surface area contributed by atoms with Gasteiger partial charge in [-0.1, -0.05) is 6.92 Å². The monoisotopic (exact) mass is 236 g/mol. The first-order chi connectivity index (χ1) is 8.20. The van der Waals surface area contributed by atoms with E-state index in [1.165, 1.54) is 12.2 Å². The molecule has 17 heavy (non-hydrogen) atoms. The number of imidazole rings is 1. The summed E-state index contributed by atoms with van der Waals surface area (Å²) < 4.78 is 2.12. The first-order valence-corrected chi connectivity index (χ1v) is 6.64. The Hall–Kier alpha value is -0.870. The Morgan fingerprint density at radius 1 is 1.53 bits per heavy atom. The van der Waals surface area contributed by atoms with E-state index in [-0.39, 0.29) is 0 Å². The lowest BCUT2D eigenvalue weighted by Gasteiger charge is -2.39. The smallest absolute Gasteiger partial charge is 0.109 e. The summed E-state index contributed by atoms with van der Waals surface area (Å²) in [6.07, 6.45) is 6.17. The second-order valence-electron chi connectivity index (χ2n) is 5.07. The average Bonchev–Trinajstić information content (AvgIpc) is 2.72. The van der Waals surface area contributed by atoms with Crippen LogP contribution in [0.4, 0.5) is 0 Å². The van der Waals surface area contributed by atoms with Crippen LogP contribution in [0, 0.1) is 0 Å². The normalized spacial score (nSPS) is 26.3. The molecule has 2 heterocycles. The van der Waals surface area contributed by atoms with Crippen LogP contribution in [0.25, 0.3) is 0 Å². The summed E-state index contributed by atoms with van der Waals surface area (Å²) in [6.45, 7) is 7.94. The van der Waals surface area contributed by atoms with Crippen LogP contribution in [-0.2, 0) is 13.5 Å². The van der Waals surface area contributed by atoms with Gasteiger partial charge >= 0.3 is 0 Å². The molecule has 0 aromatic carbocycles. The highest BCUT2D eigenvalue weighted by Gasteiger charge is 2.24. The third-order valence-corrected chi connectivity index (χ3v) is 3.74. The summed E-state index contributed by atoms with van der Waals surface area (Å²) in [4.78, 5) is 7.00. The van der Waals surface area contributed by atoms with Crippen LogP contribution in [0.15, 0.2) is 12.4 Å². The van der Waals surface area contributed by atoms with Crippen molar-refractivity contribution in [2.75, 3.05) is 19.6 Å². The third-order valence-electron chi connectivity index (χ3n) is 3.74. The zero-order chi connectivity index (χ0) is 12.3. The fraction of sp³-hybridized carbons (Fsp3) is 0.769. The third kappa shape index (κ3) is 3.07. The highest BCUT2D eigenvalue weighted by Crippen LogP contribution is 2.11. The molecule has 1 aliphatic heterocycles. The number of nitrogens with one attached hydrogen (secondary N) is 1. The van der Waals surface area contributed by atoms with E-state index in [2.05, 4.69) is 40.7 Å². The minimum atomic E-state index is 0.610. The fourth-order valence-electron chi connectivity index (χ4n) is 2.59. The molecule has 1 aliphatic rings. The summed E-state index contributed by atoms with van der Waals surface area (Å²) in [7, 11) is 2.07. The summed E-state index contributed by atoms with van der Waals surface area (Å²) in [5.41, 5.74) is 0. The van der Waals surface area contributed by atoms with Crippen LogP contribution in [0.2, 0.25) is 0 Å². The molecule has 0 aliphatic carbocycles. The number of piperazine rings is 1. The van der Waals surface area contributed by atoms with Gasteiger partial charge in [-0.25, -0.2) is 4.98 Å². The lowest BCUT2D eigenvalue weighted by atomic mass is 10.1. The Bertz CT molecular complexity index is 347. The largest absolute Gasteiger partial charge is 0.338 e. The van der Waals surface area contributed by atoms with Gasteiger partial charge in [0.1, 0.15) is 5.82 Å². The second kappa shape index (κ2) is 5.65. The van der Waals surface area contributed by atoms with Gasteiger partial charge in [0.05, 0.1) is 0 Å². The van der Waals surface area contributed by atoms with E-state index in [0.29, 0.717) is 12.1 Å². The molecule has 2 unspecified atom stereocenters. The van der Waals surface area contributed by atoms with Gasteiger partial charge in [-0.05, 0) is 13.3 Å². The highest BCUT2D eigenvalue weighted by atomic mass is 15.2. The molecular weight excluding hydrogens is 212 g/mol. The minimum absolute atomic E-state index is 0.610. The molecule has 96 valence electrons. The van der Waals surface area contributed by atoms with E-state index < -0.39 is 0 Å². The maximum atomic E-state index is 4.39. The van der Waals surface area contributed by atoms with Crippen LogP contribution in [0.1, 0.15) is 26.1 Å². The van der Waals surface area contributed by atoms with Crippen molar-refractivity contribution in [2.24, 2.45) is 7.05 Å². The number of hydrogen-bond acceptors (Lipinski definition) is 3. The number of hydrogen-bond donors (Lipinski definition) is 1. The molecule has 0 saturated carbocycles. The molecule has 1 saturated heterocycles. The SMILES string of the molecule is CCC1CNC(C)CN1CCc1nccn1C. The molecule has 0 bridgehead atoms. The van der Waals surface area contributed by atoms with Crippen molar-refractivity contribution >= 4 is 0 Å². The van der Waals surface area contributed by atoms with Gasteiger partial charge in [-0.3, -0.25) is 4.90 Å². The first-order valence-electron chi connectivity index (χ1n) is 6.64. The van der Waals surface area contributed by atoms with Gasteiger partial charge < -0.3 is 9.88 Å². The Morgan fingerprint density at radius 3 is 3.00 bits per heavy atom. The van der Waals surface area contributed by atoms with Crippen molar-refractivity contribution in [3.8, 4) is 0 Å². The summed E-state index contributed by atoms with van der Waals surface area (Å²) in [6, 6.07) is 1.30. The molecule has 0 radical (unpaired) electrons. The highest BCUT2D eigenvalue weighted by molar-refractivity contribution is 4.93. The van der Waals surface area contributed by atoms with Crippen LogP contribution < -0.4 is 5.32 Å². The summed E-state index contributed by atoms with van der Waals surface area (Å²) in [5.74, 6) is 1.19. The lowest BCUT2D eigenvalue weighted by molar-refractivity contribution is 0.132. The van der Waals surface area contributed by atoms with E-state index in [0.717, 1.165) is 26.1 Å². The van der Waals surface area contributed by atoms with Gasteiger partial charge in [-0.15, -0.1) is 0 Å². The Morgan fingerprint density at radius 2 is 2.35 bits per heavy atom. The van der Waals surface area contributed by atoms with Crippen molar-refractivity contribution in [1.29, 1.82) is 0 Å². The van der Waals surface area contributed by atoms with Crippen LogP contribution in [0.3, 0.4) is 0 Å². The lowest BCUT2D eigenvalue weighted by Crippen LogP contribution is -2.55. The standard InChI is InChI=1S/C13H24N4/c1-4-12-9-15-11(2)10-17(12)7-5-13-14-6-8-16(13)3/h6,8,11-12,15H,4-5,7,9-10H2,1-3H3. The molecule has 1 N–H and O–H groups in total. The zero-order valence-electron chi connectivity index (χ0n) is 11.2. The molecule has 1 fully saturated rings. The quantitative estimate of drug-likeness (QED) is 0.848. The molecule has 4 heteroatoms. The number of aryl methyl sites for hydroxylation is 1. The summed E-state index contributed by atoms with van der Waals surface area (Å²) in [5, 5.41) is 3.56. The number of rotatable bonds is 4. The maximum Gasteiger partial charge on any atom is 0.109 e. The number of aromatic nitrogens is 2. The van der Waals surface area contributed by atoms with Crippen molar-refractivity contribution in [3.05, 3.63) is 18.2 Å². The summed E-state index contributed by atoms with van der Waals surface area (Å²) >= 11 is 0. The van der Waals surface area contributed by atoms with E-state index in [1.54, 1.807) is 0 Å². The molecule has 0 spiro atoms. The van der Waals surface area contributed by atoms with Crippen molar-refractivity contribution in [1.82, 2.24) is 19.8 Å². The second-order valence-corrected chi connectivity index (χ2v) is 5.07. The maximum absolute atomic E-state index is 4.39. The van der Waals surface area contributed by atoms with Crippen molar-refractivity contribution in [3.63, 3.8) is 0 Å². The van der Waals surface area contributed by atoms with E-state index >= 15 is 0 Å². The van der Waals surface area contributed by atoms with Gasteiger partial charge in [0.25, 0.3) is 0 Å². The Labute approximate surface area is 104 Å². The van der Waals surface area contributed by atoms with E-state index in [1.807, 2.05) is 12.4 Å². The molecule has 0 amide bonds. The van der Waals surface area contributed by atoms with Crippen molar-refractivity contribution < 1.29 is 0 Å². The first kappa shape index (κ1) is 12.6. The minimum Gasteiger partial charge on any atom is -0.338 e. The van der Waals surface area contributed by atoms with Crippen LogP contribution in [-0.4, -0.2) is 46.2 Å². The van der Waals surface area contributed by atoms with Gasteiger partial charge in [0.2, 0.25) is 0 Å².